The van der Waals surface area contributed by atoms with Gasteiger partial charge in [0.25, 0.3) is 0 Å². The van der Waals surface area contributed by atoms with Gasteiger partial charge in [-0.15, -0.1) is 0 Å². The van der Waals surface area contributed by atoms with E-state index in [0.29, 0.717) is 5.92 Å². The molecule has 1 saturated heterocycles. The van der Waals surface area contributed by atoms with Gasteiger partial charge in [0, 0.05) is 19.3 Å². The Labute approximate surface area is 100.0 Å². The predicted molar refractivity (Wildman–Crippen MR) is 61.7 cm³/mol. The average Bonchev–Trinajstić information content (AvgIpc) is 2.82. The van der Waals surface area contributed by atoms with E-state index in [1.165, 1.54) is 12.1 Å². The van der Waals surface area contributed by atoms with Crippen LogP contribution in [0.3, 0.4) is 0 Å². The van der Waals surface area contributed by atoms with Gasteiger partial charge < -0.3 is 10.1 Å². The van der Waals surface area contributed by atoms with Crippen LogP contribution in [0.5, 0.6) is 0 Å². The normalized spacial score (nSPS) is 21.7. The molecule has 1 N–H and O–H groups in total. The Morgan fingerprint density at radius 2 is 2.24 bits per heavy atom. The molecule has 1 heterocycles. The Bertz CT molecular complexity index is 378. The summed E-state index contributed by atoms with van der Waals surface area (Å²) in [7, 11) is 1.84. The lowest BCUT2D eigenvalue weighted by atomic mass is 9.94. The summed E-state index contributed by atoms with van der Waals surface area (Å²) >= 11 is 0. The maximum atomic E-state index is 13.2. The van der Waals surface area contributed by atoms with E-state index in [0.717, 1.165) is 31.6 Å². The molecule has 0 saturated carbocycles. The topological polar surface area (TPSA) is 21.3 Å². The minimum Gasteiger partial charge on any atom is -0.381 e. The van der Waals surface area contributed by atoms with Crippen LogP contribution in [0.15, 0.2) is 18.2 Å². The average molecular weight is 241 g/mol. The van der Waals surface area contributed by atoms with Crippen LogP contribution < -0.4 is 5.32 Å². The van der Waals surface area contributed by atoms with Crippen molar-refractivity contribution in [2.75, 3.05) is 20.3 Å². The number of benzene rings is 1. The van der Waals surface area contributed by atoms with Gasteiger partial charge in [-0.25, -0.2) is 8.78 Å². The fraction of sp³-hybridized carbons (Fsp3) is 0.538. The molecule has 2 atom stereocenters. The molecule has 1 aromatic rings. The van der Waals surface area contributed by atoms with Crippen LogP contribution in [0.4, 0.5) is 8.78 Å². The number of nitrogens with one attached hydrogen (secondary N) is 1. The molecular weight excluding hydrogens is 224 g/mol. The summed E-state index contributed by atoms with van der Waals surface area (Å²) in [4.78, 5) is 0. The smallest absolute Gasteiger partial charge is 0.159 e. The van der Waals surface area contributed by atoms with E-state index in [1.807, 2.05) is 7.05 Å². The van der Waals surface area contributed by atoms with Crippen LogP contribution >= 0.6 is 0 Å². The molecule has 0 radical (unpaired) electrons. The van der Waals surface area contributed by atoms with Gasteiger partial charge in [0.05, 0.1) is 0 Å². The molecule has 0 amide bonds. The molecule has 17 heavy (non-hydrogen) atoms. The van der Waals surface area contributed by atoms with Crippen molar-refractivity contribution in [2.45, 2.75) is 18.9 Å². The van der Waals surface area contributed by atoms with Crippen LogP contribution in [0.1, 0.15) is 24.4 Å². The monoisotopic (exact) mass is 241 g/mol. The van der Waals surface area contributed by atoms with Gasteiger partial charge in [-0.1, -0.05) is 6.07 Å². The molecule has 2 rings (SSSR count). The zero-order valence-electron chi connectivity index (χ0n) is 9.88. The summed E-state index contributed by atoms with van der Waals surface area (Å²) in [6.45, 7) is 1.57. The van der Waals surface area contributed by atoms with Gasteiger partial charge in [0.15, 0.2) is 11.6 Å². The molecule has 1 aromatic carbocycles. The largest absolute Gasteiger partial charge is 0.381 e. The molecule has 4 heteroatoms. The number of ether oxygens (including phenoxy) is 1. The standard InChI is InChI=1S/C13H17F2NO/c1-16-13(6-9-4-5-17-8-9)10-2-3-11(14)12(15)7-10/h2-3,7,9,13,16H,4-6,8H2,1H3. The molecule has 0 spiro atoms. The number of rotatable bonds is 4. The van der Waals surface area contributed by atoms with Crippen molar-refractivity contribution in [3.63, 3.8) is 0 Å². The third-order valence-corrected chi connectivity index (χ3v) is 3.29. The van der Waals surface area contributed by atoms with Crippen LogP contribution in [0, 0.1) is 17.6 Å². The fourth-order valence-electron chi connectivity index (χ4n) is 2.25. The molecule has 2 nitrogen and oxygen atoms in total. The second-order valence-corrected chi connectivity index (χ2v) is 4.48. The minimum absolute atomic E-state index is 0.0526. The molecule has 0 aromatic heterocycles. The molecule has 0 aliphatic carbocycles. The zero-order valence-corrected chi connectivity index (χ0v) is 9.88. The molecule has 0 bridgehead atoms. The summed E-state index contributed by atoms with van der Waals surface area (Å²) in [5, 5.41) is 3.15. The van der Waals surface area contributed by atoms with Crippen LogP contribution in [0.2, 0.25) is 0 Å². The van der Waals surface area contributed by atoms with Crippen LogP contribution in [0.25, 0.3) is 0 Å². The Morgan fingerprint density at radius 1 is 1.41 bits per heavy atom. The predicted octanol–water partition coefficient (Wildman–Crippen LogP) is 2.65. The lowest BCUT2D eigenvalue weighted by Crippen LogP contribution is -2.20. The quantitative estimate of drug-likeness (QED) is 0.875. The maximum absolute atomic E-state index is 13.2. The van der Waals surface area contributed by atoms with Crippen molar-refractivity contribution in [3.8, 4) is 0 Å². The number of hydrogen-bond acceptors (Lipinski definition) is 2. The van der Waals surface area contributed by atoms with Crippen molar-refractivity contribution in [1.82, 2.24) is 5.32 Å². The van der Waals surface area contributed by atoms with Crippen molar-refractivity contribution in [1.29, 1.82) is 0 Å². The fourth-order valence-corrected chi connectivity index (χ4v) is 2.25. The van der Waals surface area contributed by atoms with Crippen molar-refractivity contribution in [3.05, 3.63) is 35.4 Å². The highest BCUT2D eigenvalue weighted by Crippen LogP contribution is 2.27. The van der Waals surface area contributed by atoms with Crippen molar-refractivity contribution >= 4 is 0 Å². The van der Waals surface area contributed by atoms with E-state index < -0.39 is 11.6 Å². The summed E-state index contributed by atoms with van der Waals surface area (Å²) < 4.78 is 31.3. The highest BCUT2D eigenvalue weighted by atomic mass is 19.2. The van der Waals surface area contributed by atoms with Gasteiger partial charge in [0.1, 0.15) is 0 Å². The highest BCUT2D eigenvalue weighted by Gasteiger charge is 2.21. The second-order valence-electron chi connectivity index (χ2n) is 4.48. The van der Waals surface area contributed by atoms with E-state index >= 15 is 0 Å². The van der Waals surface area contributed by atoms with Crippen LogP contribution in [-0.4, -0.2) is 20.3 Å². The summed E-state index contributed by atoms with van der Waals surface area (Å²) in [6, 6.07) is 4.14. The van der Waals surface area contributed by atoms with Crippen LogP contribution in [-0.2, 0) is 4.74 Å². The van der Waals surface area contributed by atoms with Crippen molar-refractivity contribution in [2.24, 2.45) is 5.92 Å². The molecule has 1 fully saturated rings. The molecule has 1 aliphatic rings. The molecular formula is C13H17F2NO. The first kappa shape index (κ1) is 12.5. The first-order valence-electron chi connectivity index (χ1n) is 5.90. The lowest BCUT2D eigenvalue weighted by Gasteiger charge is -2.19. The maximum Gasteiger partial charge on any atom is 0.159 e. The van der Waals surface area contributed by atoms with E-state index in [4.69, 9.17) is 4.74 Å². The number of halogens is 2. The van der Waals surface area contributed by atoms with Gasteiger partial charge in [-0.2, -0.15) is 0 Å². The molecule has 94 valence electrons. The van der Waals surface area contributed by atoms with E-state index in [-0.39, 0.29) is 6.04 Å². The molecule has 2 unspecified atom stereocenters. The van der Waals surface area contributed by atoms with E-state index in [1.54, 1.807) is 6.07 Å². The van der Waals surface area contributed by atoms with Gasteiger partial charge in [-0.3, -0.25) is 0 Å². The third-order valence-electron chi connectivity index (χ3n) is 3.29. The lowest BCUT2D eigenvalue weighted by molar-refractivity contribution is 0.181. The van der Waals surface area contributed by atoms with Gasteiger partial charge in [0.2, 0.25) is 0 Å². The Hall–Kier alpha value is -1.00. The second kappa shape index (κ2) is 5.56. The first-order chi connectivity index (χ1) is 8.20. The number of hydrogen-bond donors (Lipinski definition) is 1. The van der Waals surface area contributed by atoms with Gasteiger partial charge >= 0.3 is 0 Å². The van der Waals surface area contributed by atoms with Crippen molar-refractivity contribution < 1.29 is 13.5 Å². The van der Waals surface area contributed by atoms with Gasteiger partial charge in [-0.05, 0) is 43.5 Å². The van der Waals surface area contributed by atoms with E-state index in [2.05, 4.69) is 5.32 Å². The van der Waals surface area contributed by atoms with E-state index in [9.17, 15) is 8.78 Å². The SMILES string of the molecule is CNC(CC1CCOC1)c1ccc(F)c(F)c1. The Morgan fingerprint density at radius 3 is 2.82 bits per heavy atom. The summed E-state index contributed by atoms with van der Waals surface area (Å²) in [5.74, 6) is -1.08. The summed E-state index contributed by atoms with van der Waals surface area (Å²) in [5.41, 5.74) is 0.790. The Balaban J connectivity index is 2.08. The zero-order chi connectivity index (χ0) is 12.3. The first-order valence-corrected chi connectivity index (χ1v) is 5.90. The third kappa shape index (κ3) is 3.01. The minimum atomic E-state index is -0.798. The molecule has 1 aliphatic heterocycles. The highest BCUT2D eigenvalue weighted by molar-refractivity contribution is 5.21. The summed E-state index contributed by atoms with van der Waals surface area (Å²) in [6.07, 6.45) is 1.93. The Kier molecular flexibility index (Phi) is 4.07.